The number of hydrogen-bond acceptors (Lipinski definition) is 1. The number of benzene rings is 7. The van der Waals surface area contributed by atoms with Gasteiger partial charge in [0, 0.05) is 11.3 Å². The van der Waals surface area contributed by atoms with Gasteiger partial charge in [-0.1, -0.05) is 112 Å². The zero-order valence-corrected chi connectivity index (χ0v) is 31.6. The molecule has 8 aromatic rings. The molecular weight excluding hydrogens is 606 g/mol. The summed E-state index contributed by atoms with van der Waals surface area (Å²) in [7, 11) is 20.4. The van der Waals surface area contributed by atoms with Crippen molar-refractivity contribution in [3.05, 3.63) is 103 Å². The van der Waals surface area contributed by atoms with Crippen molar-refractivity contribution in [1.29, 1.82) is 0 Å². The Hall–Kier alpha value is -4.89. The third-order valence-corrected chi connectivity index (χ3v) is 12.4. The fraction of sp³-hybridized carbons (Fsp3) is 0.0250. The highest BCUT2D eigenvalue weighted by molar-refractivity contribution is 6.69. The van der Waals surface area contributed by atoms with Crippen LogP contribution in [0.2, 0.25) is 0 Å². The van der Waals surface area contributed by atoms with Crippen molar-refractivity contribution in [2.45, 2.75) is 6.92 Å². The van der Waals surface area contributed by atoms with Crippen molar-refractivity contribution >= 4 is 152 Å². The van der Waals surface area contributed by atoms with Crippen molar-refractivity contribution in [3.8, 4) is 39.3 Å². The first-order valence-electron chi connectivity index (χ1n) is 18.2. The lowest BCUT2D eigenvalue weighted by molar-refractivity contribution is 1.10. The monoisotopic (exact) mass is 644 g/mol. The van der Waals surface area contributed by atoms with Crippen LogP contribution in [0.3, 0.4) is 0 Å². The maximum atomic E-state index is 5.27. The second-order valence-corrected chi connectivity index (χ2v) is 14.7. The first kappa shape index (κ1) is 33.3. The molecule has 0 atom stereocenters. The van der Waals surface area contributed by atoms with Gasteiger partial charge in [0.25, 0.3) is 0 Å². The molecule has 0 fully saturated rings. The molecule has 0 aliphatic heterocycles. The summed E-state index contributed by atoms with van der Waals surface area (Å²) in [5.74, 6) is 0.970. The smallest absolute Gasteiger partial charge is 0.145 e. The van der Waals surface area contributed by atoms with E-state index < -0.39 is 0 Å². The van der Waals surface area contributed by atoms with Gasteiger partial charge >= 0.3 is 0 Å². The standard InChI is InChI=1S/C40H37B9N2/c1-18-30(41)33(44)37(48)38(49)39(18)51-26-13-7-6-12-25(26)50-40(51)20-16-14-19(15-17-20)27-21-8-2-4-10-23(21)28(24-11-5-3-9-22(24)27)29-31(42)34(45)36(47)35(46)32(29)43/h2-17H,41-49H2,1H3. The molecule has 8 rings (SSSR count). The highest BCUT2D eigenvalue weighted by Crippen LogP contribution is 2.43. The van der Waals surface area contributed by atoms with Gasteiger partial charge in [-0.3, -0.25) is 4.57 Å². The SMILES string of the molecule is Bc1c(B)c(B)c(-c2c3ccccc3c(-c3ccc(-c4nc5ccccc5n4-c4c(B)c(B)c(B)c(B)c4C)cc3)c3ccccc23)c(B)c1B. The lowest BCUT2D eigenvalue weighted by Crippen LogP contribution is -2.55. The predicted molar refractivity (Wildman–Crippen MR) is 251 cm³/mol. The molecule has 0 unspecified atom stereocenters. The van der Waals surface area contributed by atoms with Crippen molar-refractivity contribution in [3.63, 3.8) is 0 Å². The maximum Gasteiger partial charge on any atom is 0.145 e. The third kappa shape index (κ3) is 4.95. The normalized spacial score (nSPS) is 11.5. The molecule has 0 aliphatic carbocycles. The molecule has 234 valence electrons. The van der Waals surface area contributed by atoms with Gasteiger partial charge in [-0.15, -0.1) is 21.9 Å². The minimum Gasteiger partial charge on any atom is -0.293 e. The summed E-state index contributed by atoms with van der Waals surface area (Å²) in [6, 6.07) is 35.7. The van der Waals surface area contributed by atoms with E-state index in [0.29, 0.717) is 0 Å². The summed E-state index contributed by atoms with van der Waals surface area (Å²) in [5, 5.41) is 5.14. The molecule has 51 heavy (non-hydrogen) atoms. The molecule has 0 N–H and O–H groups in total. The molecule has 0 amide bonds. The Bertz CT molecular complexity index is 2640. The maximum absolute atomic E-state index is 5.27. The van der Waals surface area contributed by atoms with Crippen LogP contribution in [0.1, 0.15) is 5.56 Å². The van der Waals surface area contributed by atoms with Gasteiger partial charge in [-0.05, 0) is 68.4 Å². The molecule has 0 saturated heterocycles. The van der Waals surface area contributed by atoms with Crippen molar-refractivity contribution in [1.82, 2.24) is 9.55 Å². The largest absolute Gasteiger partial charge is 0.293 e. The zero-order chi connectivity index (χ0) is 35.9. The average molecular weight is 643 g/mol. The second kappa shape index (κ2) is 12.4. The van der Waals surface area contributed by atoms with E-state index in [2.05, 4.69) is 179 Å². The molecular formula is C40H37B9N2. The van der Waals surface area contributed by atoms with Crippen LogP contribution in [-0.4, -0.2) is 80.2 Å². The summed E-state index contributed by atoms with van der Waals surface area (Å²) >= 11 is 0. The highest BCUT2D eigenvalue weighted by atomic mass is 15.1. The van der Waals surface area contributed by atoms with Gasteiger partial charge in [0.15, 0.2) is 0 Å². The quantitative estimate of drug-likeness (QED) is 0.139. The van der Waals surface area contributed by atoms with Crippen LogP contribution in [0.25, 0.3) is 71.9 Å². The van der Waals surface area contributed by atoms with Gasteiger partial charge in [-0.25, -0.2) is 4.98 Å². The Balaban J connectivity index is 1.37. The topological polar surface area (TPSA) is 17.8 Å². The van der Waals surface area contributed by atoms with Gasteiger partial charge in [0.2, 0.25) is 0 Å². The van der Waals surface area contributed by atoms with E-state index in [4.69, 9.17) is 4.98 Å². The predicted octanol–water partition coefficient (Wildman–Crippen LogP) is -5.03. The summed E-state index contributed by atoms with van der Waals surface area (Å²) in [6.07, 6.45) is 0. The Morgan fingerprint density at radius 3 is 1.41 bits per heavy atom. The van der Waals surface area contributed by atoms with Crippen LogP contribution in [-0.2, 0) is 0 Å². The molecule has 0 aliphatic rings. The third-order valence-electron chi connectivity index (χ3n) is 12.4. The fourth-order valence-corrected chi connectivity index (χ4v) is 8.63. The van der Waals surface area contributed by atoms with Crippen molar-refractivity contribution in [2.24, 2.45) is 0 Å². The molecule has 0 spiro atoms. The van der Waals surface area contributed by atoms with E-state index >= 15 is 0 Å². The number of aromatic nitrogens is 2. The van der Waals surface area contributed by atoms with Gasteiger partial charge < -0.3 is 0 Å². The van der Waals surface area contributed by atoms with Crippen LogP contribution < -0.4 is 49.2 Å². The molecule has 7 aromatic carbocycles. The second-order valence-electron chi connectivity index (χ2n) is 14.7. The van der Waals surface area contributed by atoms with Crippen LogP contribution in [0.4, 0.5) is 0 Å². The molecule has 0 saturated carbocycles. The molecule has 1 aromatic heterocycles. The number of para-hydroxylation sites is 2. The highest BCUT2D eigenvalue weighted by Gasteiger charge is 2.23. The van der Waals surface area contributed by atoms with Crippen LogP contribution >= 0.6 is 0 Å². The minimum atomic E-state index is 0.970. The number of hydrogen-bond donors (Lipinski definition) is 0. The number of nitrogens with zero attached hydrogens (tertiary/aromatic N) is 2. The van der Waals surface area contributed by atoms with Crippen molar-refractivity contribution in [2.75, 3.05) is 0 Å². The molecule has 1 heterocycles. The van der Waals surface area contributed by atoms with Gasteiger partial charge in [0.1, 0.15) is 76.4 Å². The molecule has 2 nitrogen and oxygen atoms in total. The van der Waals surface area contributed by atoms with Gasteiger partial charge in [0.05, 0.1) is 11.0 Å². The van der Waals surface area contributed by atoms with Crippen LogP contribution in [0.15, 0.2) is 97.1 Å². The van der Waals surface area contributed by atoms with E-state index in [9.17, 15) is 0 Å². The summed E-state index contributed by atoms with van der Waals surface area (Å²) in [6.45, 7) is 2.26. The average Bonchev–Trinajstić information content (AvgIpc) is 3.54. The molecule has 11 heteroatoms. The Labute approximate surface area is 309 Å². The van der Waals surface area contributed by atoms with E-state index in [1.54, 1.807) is 0 Å². The molecule has 0 bridgehead atoms. The van der Waals surface area contributed by atoms with E-state index in [0.717, 1.165) is 22.4 Å². The zero-order valence-electron chi connectivity index (χ0n) is 31.6. The first-order chi connectivity index (χ1) is 24.5. The number of imidazole rings is 1. The van der Waals surface area contributed by atoms with E-state index in [1.807, 2.05) is 0 Å². The lowest BCUT2D eigenvalue weighted by Gasteiger charge is -2.24. The Morgan fingerprint density at radius 1 is 0.412 bits per heavy atom. The summed E-state index contributed by atoms with van der Waals surface area (Å²) < 4.78 is 2.39. The molecule has 0 radical (unpaired) electrons. The van der Waals surface area contributed by atoms with Crippen LogP contribution in [0.5, 0.6) is 0 Å². The Morgan fingerprint density at radius 2 is 0.843 bits per heavy atom. The van der Waals surface area contributed by atoms with Crippen molar-refractivity contribution < 1.29 is 0 Å². The van der Waals surface area contributed by atoms with Gasteiger partial charge in [-0.2, -0.15) is 0 Å². The van der Waals surface area contributed by atoms with Crippen LogP contribution in [0, 0.1) is 6.92 Å². The Kier molecular flexibility index (Phi) is 8.09. The van der Waals surface area contributed by atoms with E-state index in [-0.39, 0.29) is 0 Å². The van der Waals surface area contributed by atoms with E-state index in [1.165, 1.54) is 104 Å². The number of fused-ring (bicyclic) bond motifs is 3. The lowest BCUT2D eigenvalue weighted by atomic mass is 9.59. The summed E-state index contributed by atoms with van der Waals surface area (Å²) in [4.78, 5) is 5.27. The fourth-order valence-electron chi connectivity index (χ4n) is 8.63. The summed E-state index contributed by atoms with van der Waals surface area (Å²) in [5.41, 5.74) is 23.2. The number of rotatable bonds is 4. The first-order valence-corrected chi connectivity index (χ1v) is 18.2. The minimum absolute atomic E-state index is 0.970.